The summed E-state index contributed by atoms with van der Waals surface area (Å²) in [6, 6.07) is 6.16. The molecule has 0 radical (unpaired) electrons. The SMILES string of the molecule is COc1cc(Cl)ccc1CN1CCC[C@@H]1[C@@H]1COCC[C@]1(C)O. The molecule has 128 valence electrons. The van der Waals surface area contributed by atoms with Crippen molar-refractivity contribution in [3.05, 3.63) is 28.8 Å². The first-order valence-electron chi connectivity index (χ1n) is 8.38. The molecule has 3 rings (SSSR count). The molecule has 0 spiro atoms. The number of hydrogen-bond acceptors (Lipinski definition) is 4. The van der Waals surface area contributed by atoms with Gasteiger partial charge in [0.2, 0.25) is 0 Å². The van der Waals surface area contributed by atoms with Crippen LogP contribution in [0.3, 0.4) is 0 Å². The molecule has 0 aliphatic carbocycles. The molecule has 0 unspecified atom stereocenters. The van der Waals surface area contributed by atoms with Crippen LogP contribution in [0.2, 0.25) is 5.02 Å². The van der Waals surface area contributed by atoms with Crippen molar-refractivity contribution in [1.82, 2.24) is 4.90 Å². The summed E-state index contributed by atoms with van der Waals surface area (Å²) in [5, 5.41) is 11.5. The third-order valence-electron chi connectivity index (χ3n) is 5.35. The van der Waals surface area contributed by atoms with Crippen LogP contribution in [-0.4, -0.2) is 48.5 Å². The van der Waals surface area contributed by atoms with Gasteiger partial charge < -0.3 is 14.6 Å². The first kappa shape index (κ1) is 17.0. The molecule has 1 aromatic carbocycles. The molecule has 0 amide bonds. The van der Waals surface area contributed by atoms with Crippen LogP contribution in [-0.2, 0) is 11.3 Å². The number of methoxy groups -OCH3 is 1. The van der Waals surface area contributed by atoms with Crippen molar-refractivity contribution in [2.45, 2.75) is 44.4 Å². The Hall–Kier alpha value is -0.810. The molecule has 0 aromatic heterocycles. The molecule has 0 saturated carbocycles. The summed E-state index contributed by atoms with van der Waals surface area (Å²) in [4.78, 5) is 2.46. The molecule has 2 aliphatic heterocycles. The molecule has 2 heterocycles. The summed E-state index contributed by atoms with van der Waals surface area (Å²) in [6.07, 6.45) is 2.99. The zero-order chi connectivity index (χ0) is 16.4. The molecule has 1 N–H and O–H groups in total. The van der Waals surface area contributed by atoms with E-state index in [1.807, 2.05) is 25.1 Å². The smallest absolute Gasteiger partial charge is 0.124 e. The fourth-order valence-corrected chi connectivity index (χ4v) is 4.11. The first-order chi connectivity index (χ1) is 11.0. The number of likely N-dealkylation sites (tertiary alicyclic amines) is 1. The average molecular weight is 340 g/mol. The normalized spacial score (nSPS) is 32.2. The van der Waals surface area contributed by atoms with Gasteiger partial charge in [0.15, 0.2) is 0 Å². The molecule has 1 aromatic rings. The molecule has 3 atom stereocenters. The molecular formula is C18H26ClNO3. The van der Waals surface area contributed by atoms with Crippen LogP contribution in [0.5, 0.6) is 5.75 Å². The van der Waals surface area contributed by atoms with Gasteiger partial charge in [-0.15, -0.1) is 0 Å². The lowest BCUT2D eigenvalue weighted by molar-refractivity contribution is -0.123. The van der Waals surface area contributed by atoms with Crippen molar-refractivity contribution in [2.75, 3.05) is 26.9 Å². The van der Waals surface area contributed by atoms with Crippen molar-refractivity contribution in [2.24, 2.45) is 5.92 Å². The lowest BCUT2D eigenvalue weighted by Gasteiger charge is -2.43. The van der Waals surface area contributed by atoms with E-state index < -0.39 is 5.60 Å². The van der Waals surface area contributed by atoms with Crippen molar-refractivity contribution in [3.8, 4) is 5.75 Å². The summed E-state index contributed by atoms with van der Waals surface area (Å²) in [5.74, 6) is 0.992. The average Bonchev–Trinajstić information content (AvgIpc) is 2.96. The minimum absolute atomic E-state index is 0.164. The Labute approximate surface area is 143 Å². The van der Waals surface area contributed by atoms with E-state index in [4.69, 9.17) is 21.1 Å². The fourth-order valence-electron chi connectivity index (χ4n) is 3.95. The van der Waals surface area contributed by atoms with Crippen molar-refractivity contribution >= 4 is 11.6 Å². The Morgan fingerprint density at radius 3 is 3.04 bits per heavy atom. The lowest BCUT2D eigenvalue weighted by atomic mass is 9.79. The summed E-state index contributed by atoms with van der Waals surface area (Å²) < 4.78 is 11.1. The van der Waals surface area contributed by atoms with Gasteiger partial charge in [-0.3, -0.25) is 4.90 Å². The number of ether oxygens (including phenoxy) is 2. The minimum atomic E-state index is -0.643. The standard InChI is InChI=1S/C18H26ClNO3/c1-18(21)7-9-23-12-15(18)16-4-3-8-20(16)11-13-5-6-14(19)10-17(13)22-2/h5-6,10,15-16,21H,3-4,7-9,11-12H2,1-2H3/t15-,16+,18-/m0/s1. The van der Waals surface area contributed by atoms with Crippen molar-refractivity contribution in [3.63, 3.8) is 0 Å². The Kier molecular flexibility index (Phi) is 5.16. The van der Waals surface area contributed by atoms with Gasteiger partial charge in [0, 0.05) is 35.7 Å². The number of nitrogens with zero attached hydrogens (tertiary/aromatic N) is 1. The largest absolute Gasteiger partial charge is 0.496 e. The monoisotopic (exact) mass is 339 g/mol. The number of aliphatic hydroxyl groups is 1. The number of benzene rings is 1. The highest BCUT2D eigenvalue weighted by molar-refractivity contribution is 6.30. The fraction of sp³-hybridized carbons (Fsp3) is 0.667. The van der Waals surface area contributed by atoms with E-state index in [2.05, 4.69) is 4.90 Å². The van der Waals surface area contributed by atoms with Crippen LogP contribution < -0.4 is 4.74 Å². The summed E-state index contributed by atoms with van der Waals surface area (Å²) in [6.45, 7) is 5.12. The second kappa shape index (κ2) is 6.98. The van der Waals surface area contributed by atoms with Crippen molar-refractivity contribution < 1.29 is 14.6 Å². The first-order valence-corrected chi connectivity index (χ1v) is 8.75. The van der Waals surface area contributed by atoms with E-state index >= 15 is 0 Å². The highest BCUT2D eigenvalue weighted by Crippen LogP contribution is 2.37. The molecule has 5 heteroatoms. The second-order valence-electron chi connectivity index (χ2n) is 6.92. The summed E-state index contributed by atoms with van der Waals surface area (Å²) in [7, 11) is 1.68. The highest BCUT2D eigenvalue weighted by Gasteiger charge is 2.44. The third-order valence-corrected chi connectivity index (χ3v) is 5.59. The molecule has 2 fully saturated rings. The maximum atomic E-state index is 10.8. The van der Waals surface area contributed by atoms with Gasteiger partial charge in [-0.1, -0.05) is 17.7 Å². The Bertz CT molecular complexity index is 549. The highest BCUT2D eigenvalue weighted by atomic mass is 35.5. The van der Waals surface area contributed by atoms with Gasteiger partial charge in [-0.25, -0.2) is 0 Å². The Morgan fingerprint density at radius 2 is 2.30 bits per heavy atom. The van der Waals surface area contributed by atoms with Gasteiger partial charge in [-0.05, 0) is 44.9 Å². The van der Waals surface area contributed by atoms with Gasteiger partial charge in [0.25, 0.3) is 0 Å². The zero-order valence-electron chi connectivity index (χ0n) is 13.9. The lowest BCUT2D eigenvalue weighted by Crippen LogP contribution is -2.52. The van der Waals surface area contributed by atoms with Gasteiger partial charge >= 0.3 is 0 Å². The third kappa shape index (κ3) is 3.66. The van der Waals surface area contributed by atoms with E-state index in [0.29, 0.717) is 30.7 Å². The van der Waals surface area contributed by atoms with E-state index in [1.54, 1.807) is 7.11 Å². The molecule has 0 bridgehead atoms. The van der Waals surface area contributed by atoms with Crippen LogP contribution in [0.15, 0.2) is 18.2 Å². The number of rotatable bonds is 4. The number of hydrogen-bond donors (Lipinski definition) is 1. The quantitative estimate of drug-likeness (QED) is 0.915. The maximum absolute atomic E-state index is 10.8. The molecular weight excluding hydrogens is 314 g/mol. The van der Waals surface area contributed by atoms with Crippen LogP contribution in [0.1, 0.15) is 31.7 Å². The topological polar surface area (TPSA) is 41.9 Å². The van der Waals surface area contributed by atoms with E-state index in [9.17, 15) is 5.11 Å². The van der Waals surface area contributed by atoms with E-state index in [1.165, 1.54) is 0 Å². The molecule has 4 nitrogen and oxygen atoms in total. The second-order valence-corrected chi connectivity index (χ2v) is 7.36. The van der Waals surface area contributed by atoms with Crippen LogP contribution >= 0.6 is 11.6 Å². The van der Waals surface area contributed by atoms with Crippen LogP contribution in [0.25, 0.3) is 0 Å². The van der Waals surface area contributed by atoms with Gasteiger partial charge in [0.05, 0.1) is 19.3 Å². The van der Waals surface area contributed by atoms with Gasteiger partial charge in [-0.2, -0.15) is 0 Å². The Balaban J connectivity index is 1.77. The van der Waals surface area contributed by atoms with Crippen LogP contribution in [0.4, 0.5) is 0 Å². The van der Waals surface area contributed by atoms with E-state index in [0.717, 1.165) is 37.2 Å². The summed E-state index contributed by atoms with van der Waals surface area (Å²) >= 11 is 6.06. The maximum Gasteiger partial charge on any atom is 0.124 e. The minimum Gasteiger partial charge on any atom is -0.496 e. The van der Waals surface area contributed by atoms with Gasteiger partial charge in [0.1, 0.15) is 5.75 Å². The predicted molar refractivity (Wildman–Crippen MR) is 91.0 cm³/mol. The van der Waals surface area contributed by atoms with Crippen LogP contribution in [0, 0.1) is 5.92 Å². The predicted octanol–water partition coefficient (Wildman–Crippen LogP) is 3.10. The zero-order valence-corrected chi connectivity index (χ0v) is 14.7. The van der Waals surface area contributed by atoms with Crippen molar-refractivity contribution in [1.29, 1.82) is 0 Å². The van der Waals surface area contributed by atoms with E-state index in [-0.39, 0.29) is 5.92 Å². The molecule has 2 saturated heterocycles. The molecule has 2 aliphatic rings. The Morgan fingerprint density at radius 1 is 1.48 bits per heavy atom. The summed E-state index contributed by atoms with van der Waals surface area (Å²) in [5.41, 5.74) is 0.496. The molecule has 23 heavy (non-hydrogen) atoms. The number of halogens is 1.